The van der Waals surface area contributed by atoms with Crippen molar-refractivity contribution in [2.45, 2.75) is 36.4 Å². The van der Waals surface area contributed by atoms with Gasteiger partial charge in [-0.05, 0) is 42.7 Å². The lowest BCUT2D eigenvalue weighted by molar-refractivity contribution is 0.0953. The van der Waals surface area contributed by atoms with E-state index in [2.05, 4.69) is 40.0 Å². The number of pyridine rings is 1. The molecule has 7 heteroatoms. The fourth-order valence-electron chi connectivity index (χ4n) is 4.69. The van der Waals surface area contributed by atoms with Gasteiger partial charge in [0.2, 0.25) is 0 Å². The normalized spacial score (nSPS) is 15.2. The molecule has 0 bridgehead atoms. The average molecular weight is 504 g/mol. The van der Waals surface area contributed by atoms with Crippen molar-refractivity contribution < 1.29 is 4.74 Å². The highest BCUT2D eigenvalue weighted by Crippen LogP contribution is 2.34. The smallest absolute Gasteiger partial charge is 0.191 e. The highest BCUT2D eigenvalue weighted by Gasteiger charge is 2.23. The zero-order valence-corrected chi connectivity index (χ0v) is 21.1. The minimum atomic E-state index is 0.144. The van der Waals surface area contributed by atoms with Gasteiger partial charge < -0.3 is 4.74 Å². The number of hydrogen-bond donors (Lipinski definition) is 0. The molecular formula is C30H25N5OS. The van der Waals surface area contributed by atoms with E-state index >= 15 is 0 Å². The van der Waals surface area contributed by atoms with Crippen LogP contribution in [0.4, 0.5) is 0 Å². The Morgan fingerprint density at radius 3 is 2.57 bits per heavy atom. The Balaban J connectivity index is 1.42. The number of hydrogen-bond acceptors (Lipinski definition) is 6. The lowest BCUT2D eigenvalue weighted by atomic mass is 10.0. The van der Waals surface area contributed by atoms with Crippen molar-refractivity contribution >= 4 is 22.7 Å². The van der Waals surface area contributed by atoms with Crippen molar-refractivity contribution in [3.05, 3.63) is 96.1 Å². The van der Waals surface area contributed by atoms with Gasteiger partial charge in [0.15, 0.2) is 11.0 Å². The SMILES string of the molecule is N#Cc1ccc(CSc2nnc(-c3cc(-c4ccccc4)nc4ccccc34)n2CC2CCCO2)cc1. The molecule has 0 amide bonds. The number of para-hydroxylation sites is 1. The van der Waals surface area contributed by atoms with Crippen molar-refractivity contribution in [1.82, 2.24) is 19.7 Å². The van der Waals surface area contributed by atoms with Crippen LogP contribution in [-0.2, 0) is 17.0 Å². The van der Waals surface area contributed by atoms with E-state index < -0.39 is 0 Å². The van der Waals surface area contributed by atoms with Crippen LogP contribution in [0.15, 0.2) is 90.1 Å². The quantitative estimate of drug-likeness (QED) is 0.236. The molecule has 1 atom stereocenters. The number of aromatic nitrogens is 4. The van der Waals surface area contributed by atoms with Crippen molar-refractivity contribution in [1.29, 1.82) is 5.26 Å². The first-order chi connectivity index (χ1) is 18.3. The number of nitriles is 1. The zero-order valence-electron chi connectivity index (χ0n) is 20.2. The van der Waals surface area contributed by atoms with Gasteiger partial charge in [0.1, 0.15) is 0 Å². The summed E-state index contributed by atoms with van der Waals surface area (Å²) in [7, 11) is 0. The van der Waals surface area contributed by atoms with E-state index in [1.54, 1.807) is 11.8 Å². The Morgan fingerprint density at radius 2 is 1.78 bits per heavy atom. The third-order valence-electron chi connectivity index (χ3n) is 6.60. The van der Waals surface area contributed by atoms with E-state index in [9.17, 15) is 0 Å². The summed E-state index contributed by atoms with van der Waals surface area (Å²) >= 11 is 1.65. The predicted molar refractivity (Wildman–Crippen MR) is 146 cm³/mol. The van der Waals surface area contributed by atoms with Crippen LogP contribution in [0.3, 0.4) is 0 Å². The number of thioether (sulfide) groups is 1. The Bertz CT molecular complexity index is 1570. The predicted octanol–water partition coefficient (Wildman–Crippen LogP) is 6.50. The van der Waals surface area contributed by atoms with Crippen LogP contribution in [-0.4, -0.2) is 32.5 Å². The molecule has 3 heterocycles. The topological polar surface area (TPSA) is 76.6 Å². The van der Waals surface area contributed by atoms with E-state index in [1.807, 2.05) is 60.7 Å². The number of ether oxygens (including phenoxy) is 1. The van der Waals surface area contributed by atoms with Crippen molar-refractivity contribution in [3.8, 4) is 28.7 Å². The Labute approximate surface area is 220 Å². The lowest BCUT2D eigenvalue weighted by Crippen LogP contribution is -2.16. The van der Waals surface area contributed by atoms with Crippen LogP contribution in [0.1, 0.15) is 24.0 Å². The summed E-state index contributed by atoms with van der Waals surface area (Å²) < 4.78 is 8.22. The van der Waals surface area contributed by atoms with E-state index in [1.165, 1.54) is 0 Å². The van der Waals surface area contributed by atoms with Crippen LogP contribution < -0.4 is 0 Å². The van der Waals surface area contributed by atoms with E-state index in [0.717, 1.165) is 69.5 Å². The second-order valence-corrected chi connectivity index (χ2v) is 10.0. The zero-order chi connectivity index (χ0) is 25.0. The summed E-state index contributed by atoms with van der Waals surface area (Å²) in [5.74, 6) is 1.57. The largest absolute Gasteiger partial charge is 0.376 e. The van der Waals surface area contributed by atoms with Gasteiger partial charge in [-0.15, -0.1) is 10.2 Å². The van der Waals surface area contributed by atoms with Gasteiger partial charge in [-0.3, -0.25) is 4.57 Å². The van der Waals surface area contributed by atoms with Gasteiger partial charge in [0.05, 0.1) is 35.5 Å². The monoisotopic (exact) mass is 503 g/mol. The average Bonchev–Trinajstić information content (AvgIpc) is 3.62. The summed E-state index contributed by atoms with van der Waals surface area (Å²) in [5.41, 5.74) is 5.72. The molecule has 37 heavy (non-hydrogen) atoms. The molecule has 5 aromatic rings. The summed E-state index contributed by atoms with van der Waals surface area (Å²) in [4.78, 5) is 4.95. The van der Waals surface area contributed by atoms with Crippen LogP contribution in [0, 0.1) is 11.3 Å². The molecule has 6 nitrogen and oxygen atoms in total. The first-order valence-corrected chi connectivity index (χ1v) is 13.4. The number of rotatable bonds is 7. The number of nitrogens with zero attached hydrogens (tertiary/aromatic N) is 5. The fraction of sp³-hybridized carbons (Fsp3) is 0.200. The highest BCUT2D eigenvalue weighted by molar-refractivity contribution is 7.98. The third kappa shape index (κ3) is 4.99. The molecule has 1 aliphatic heterocycles. The molecule has 0 spiro atoms. The molecule has 1 unspecified atom stereocenters. The van der Waals surface area contributed by atoms with Gasteiger partial charge in [-0.1, -0.05) is 72.4 Å². The summed E-state index contributed by atoms with van der Waals surface area (Å²) in [6, 6.07) is 30.4. The van der Waals surface area contributed by atoms with Crippen LogP contribution in [0.25, 0.3) is 33.5 Å². The second-order valence-electron chi connectivity index (χ2n) is 9.09. The standard InChI is InChI=1S/C30H25N5OS/c31-18-21-12-14-22(15-13-21)20-37-30-34-33-29(35(30)19-24-9-6-16-36-24)26-17-28(23-7-2-1-3-8-23)32-27-11-5-4-10-25(26)27/h1-5,7-8,10-15,17,24H,6,9,16,19-20H2. The molecule has 0 radical (unpaired) electrons. The fourth-order valence-corrected chi connectivity index (χ4v) is 5.60. The van der Waals surface area contributed by atoms with E-state index in [0.29, 0.717) is 12.1 Å². The molecule has 0 N–H and O–H groups in total. The molecule has 1 aliphatic rings. The molecule has 2 aromatic heterocycles. The Kier molecular flexibility index (Phi) is 6.68. The van der Waals surface area contributed by atoms with Gasteiger partial charge in [-0.25, -0.2) is 4.98 Å². The van der Waals surface area contributed by atoms with E-state index in [-0.39, 0.29) is 6.10 Å². The van der Waals surface area contributed by atoms with Gasteiger partial charge in [0.25, 0.3) is 0 Å². The Hall–Kier alpha value is -3.99. The molecule has 1 fully saturated rings. The maximum Gasteiger partial charge on any atom is 0.191 e. The number of fused-ring (bicyclic) bond motifs is 1. The van der Waals surface area contributed by atoms with Crippen LogP contribution in [0.2, 0.25) is 0 Å². The maximum atomic E-state index is 9.09. The van der Waals surface area contributed by atoms with E-state index in [4.69, 9.17) is 20.1 Å². The first-order valence-electron chi connectivity index (χ1n) is 12.4. The van der Waals surface area contributed by atoms with Crippen LogP contribution in [0.5, 0.6) is 0 Å². The summed E-state index contributed by atoms with van der Waals surface area (Å²) in [5, 5.41) is 20.4. The third-order valence-corrected chi connectivity index (χ3v) is 7.64. The van der Waals surface area contributed by atoms with Crippen molar-refractivity contribution in [2.24, 2.45) is 0 Å². The van der Waals surface area contributed by atoms with Gasteiger partial charge in [0, 0.05) is 28.9 Å². The summed E-state index contributed by atoms with van der Waals surface area (Å²) in [6.45, 7) is 1.50. The second kappa shape index (κ2) is 10.6. The molecule has 0 aliphatic carbocycles. The van der Waals surface area contributed by atoms with Gasteiger partial charge in [-0.2, -0.15) is 5.26 Å². The molecular weight excluding hydrogens is 478 g/mol. The molecule has 1 saturated heterocycles. The maximum absolute atomic E-state index is 9.09. The van der Waals surface area contributed by atoms with Crippen LogP contribution >= 0.6 is 11.8 Å². The summed E-state index contributed by atoms with van der Waals surface area (Å²) in [6.07, 6.45) is 2.25. The Morgan fingerprint density at radius 1 is 0.973 bits per heavy atom. The minimum absolute atomic E-state index is 0.144. The minimum Gasteiger partial charge on any atom is -0.376 e. The molecule has 0 saturated carbocycles. The van der Waals surface area contributed by atoms with Crippen molar-refractivity contribution in [2.75, 3.05) is 6.61 Å². The van der Waals surface area contributed by atoms with Gasteiger partial charge >= 0.3 is 0 Å². The van der Waals surface area contributed by atoms with Crippen molar-refractivity contribution in [3.63, 3.8) is 0 Å². The first kappa shape index (κ1) is 23.4. The lowest BCUT2D eigenvalue weighted by Gasteiger charge is -2.16. The highest BCUT2D eigenvalue weighted by atomic mass is 32.2. The molecule has 3 aromatic carbocycles. The molecule has 6 rings (SSSR count). The number of benzene rings is 3. The molecule has 182 valence electrons.